The van der Waals surface area contributed by atoms with E-state index in [2.05, 4.69) is 14.9 Å². The monoisotopic (exact) mass is 287 g/mol. The zero-order chi connectivity index (χ0) is 13.2. The van der Waals surface area contributed by atoms with E-state index in [1.807, 2.05) is 0 Å². The van der Waals surface area contributed by atoms with Crippen molar-refractivity contribution >= 4 is 21.4 Å². The largest absolute Gasteiger partial charge is 0.391 e. The lowest BCUT2D eigenvalue weighted by molar-refractivity contribution is 0.285. The summed E-state index contributed by atoms with van der Waals surface area (Å²) in [5, 5.41) is 16.8. The summed E-state index contributed by atoms with van der Waals surface area (Å²) in [4.78, 5) is 0.790. The predicted molar refractivity (Wildman–Crippen MR) is 67.6 cm³/mol. The number of sulfonamides is 1. The van der Waals surface area contributed by atoms with E-state index in [4.69, 9.17) is 5.11 Å². The lowest BCUT2D eigenvalue weighted by Gasteiger charge is -2.11. The molecule has 98 valence electrons. The first kappa shape index (κ1) is 13.2. The van der Waals surface area contributed by atoms with Crippen LogP contribution >= 0.6 is 11.3 Å². The highest BCUT2D eigenvalue weighted by molar-refractivity contribution is 7.89. The molecule has 6 nitrogen and oxygen atoms in total. The molecule has 2 aromatic heterocycles. The third kappa shape index (κ3) is 2.78. The van der Waals surface area contributed by atoms with Gasteiger partial charge >= 0.3 is 0 Å². The Morgan fingerprint density at radius 3 is 2.94 bits per heavy atom. The summed E-state index contributed by atoms with van der Waals surface area (Å²) in [6, 6.07) is 1.10. The fourth-order valence-corrected chi connectivity index (χ4v) is 3.82. The molecule has 1 unspecified atom stereocenters. The lowest BCUT2D eigenvalue weighted by atomic mass is 10.2. The van der Waals surface area contributed by atoms with Gasteiger partial charge in [-0.3, -0.25) is 5.10 Å². The Bertz CT molecular complexity index is 604. The summed E-state index contributed by atoms with van der Waals surface area (Å²) in [6.45, 7) is 1.58. The molecule has 0 saturated carbocycles. The topological polar surface area (TPSA) is 95.1 Å². The molecular weight excluding hydrogens is 274 g/mol. The van der Waals surface area contributed by atoms with E-state index >= 15 is 0 Å². The normalized spacial score (nSPS) is 13.7. The number of aromatic nitrogens is 2. The Hall–Kier alpha value is -1.22. The zero-order valence-electron chi connectivity index (χ0n) is 9.62. The summed E-state index contributed by atoms with van der Waals surface area (Å²) in [6.07, 6.45) is 3.21. The minimum absolute atomic E-state index is 0.155. The van der Waals surface area contributed by atoms with Crippen molar-refractivity contribution in [2.75, 3.05) is 0 Å². The van der Waals surface area contributed by atoms with E-state index in [1.54, 1.807) is 19.3 Å². The third-order valence-electron chi connectivity index (χ3n) is 2.45. The van der Waals surface area contributed by atoms with Gasteiger partial charge in [0, 0.05) is 28.1 Å². The highest BCUT2D eigenvalue weighted by Gasteiger charge is 2.20. The number of nitrogens with one attached hydrogen (secondary N) is 2. The van der Waals surface area contributed by atoms with Gasteiger partial charge in [-0.1, -0.05) is 0 Å². The molecule has 2 rings (SSSR count). The minimum Gasteiger partial charge on any atom is -0.391 e. The van der Waals surface area contributed by atoms with E-state index in [9.17, 15) is 8.42 Å². The minimum atomic E-state index is -3.57. The maximum Gasteiger partial charge on any atom is 0.241 e. The van der Waals surface area contributed by atoms with Gasteiger partial charge in [-0.25, -0.2) is 13.1 Å². The molecule has 0 amide bonds. The SMILES string of the molecule is CC(NS(=O)(=O)c1csc(CO)c1)c1cn[nH]c1. The molecule has 0 bridgehead atoms. The van der Waals surface area contributed by atoms with Crippen molar-refractivity contribution in [2.45, 2.75) is 24.5 Å². The van der Waals surface area contributed by atoms with Gasteiger partial charge in [-0.2, -0.15) is 5.10 Å². The van der Waals surface area contributed by atoms with Crippen LogP contribution in [0.5, 0.6) is 0 Å². The van der Waals surface area contributed by atoms with Crippen molar-refractivity contribution in [2.24, 2.45) is 0 Å². The van der Waals surface area contributed by atoms with Gasteiger partial charge in [0.05, 0.1) is 17.7 Å². The second-order valence-corrected chi connectivity index (χ2v) is 6.49. The van der Waals surface area contributed by atoms with E-state index in [-0.39, 0.29) is 17.5 Å². The standard InChI is InChI=1S/C10H13N3O3S2/c1-7(8-3-11-12-4-8)13-18(15,16)10-2-9(5-14)17-6-10/h2-4,6-7,13-14H,5H2,1H3,(H,11,12). The highest BCUT2D eigenvalue weighted by atomic mass is 32.2. The van der Waals surface area contributed by atoms with Crippen LogP contribution in [0.4, 0.5) is 0 Å². The smallest absolute Gasteiger partial charge is 0.241 e. The number of aliphatic hydroxyl groups excluding tert-OH is 1. The van der Waals surface area contributed by atoms with Crippen molar-refractivity contribution in [3.8, 4) is 0 Å². The second-order valence-electron chi connectivity index (χ2n) is 3.78. The molecule has 0 radical (unpaired) electrons. The van der Waals surface area contributed by atoms with Crippen molar-refractivity contribution < 1.29 is 13.5 Å². The summed E-state index contributed by atoms with van der Waals surface area (Å²) in [7, 11) is -3.57. The summed E-state index contributed by atoms with van der Waals surface area (Å²) in [5.74, 6) is 0. The number of nitrogens with zero attached hydrogens (tertiary/aromatic N) is 1. The van der Waals surface area contributed by atoms with Crippen LogP contribution < -0.4 is 4.72 Å². The molecule has 2 aromatic rings. The second kappa shape index (κ2) is 5.19. The number of rotatable bonds is 5. The Morgan fingerprint density at radius 2 is 2.39 bits per heavy atom. The molecule has 0 saturated heterocycles. The fraction of sp³-hybridized carbons (Fsp3) is 0.300. The van der Waals surface area contributed by atoms with Crippen LogP contribution in [0, 0.1) is 0 Å². The Labute approximate surface area is 109 Å². The third-order valence-corrected chi connectivity index (χ3v) is 5.04. The molecular formula is C10H13N3O3S2. The van der Waals surface area contributed by atoms with E-state index in [1.165, 1.54) is 22.8 Å². The summed E-state index contributed by atoms with van der Waals surface area (Å²) in [5.41, 5.74) is 0.760. The van der Waals surface area contributed by atoms with Crippen LogP contribution in [0.3, 0.4) is 0 Å². The Morgan fingerprint density at radius 1 is 1.61 bits per heavy atom. The first-order chi connectivity index (χ1) is 8.53. The molecule has 0 aliphatic rings. The van der Waals surface area contributed by atoms with Crippen molar-refractivity contribution in [3.05, 3.63) is 34.3 Å². The summed E-state index contributed by atoms with van der Waals surface area (Å²) >= 11 is 1.21. The number of thiophene rings is 1. The maximum atomic E-state index is 12.1. The fourth-order valence-electron chi connectivity index (χ4n) is 1.45. The highest BCUT2D eigenvalue weighted by Crippen LogP contribution is 2.21. The van der Waals surface area contributed by atoms with Gasteiger partial charge in [0.2, 0.25) is 10.0 Å². The van der Waals surface area contributed by atoms with Crippen molar-refractivity contribution in [3.63, 3.8) is 0 Å². The molecule has 0 aromatic carbocycles. The number of aliphatic hydroxyl groups is 1. The van der Waals surface area contributed by atoms with Crippen LogP contribution in [-0.2, 0) is 16.6 Å². The van der Waals surface area contributed by atoms with Gasteiger partial charge in [-0.05, 0) is 13.0 Å². The number of hydrogen-bond acceptors (Lipinski definition) is 5. The number of aromatic amines is 1. The molecule has 0 fully saturated rings. The molecule has 0 aliphatic heterocycles. The molecule has 0 spiro atoms. The van der Waals surface area contributed by atoms with Crippen LogP contribution in [0.15, 0.2) is 28.7 Å². The predicted octanol–water partition coefficient (Wildman–Crippen LogP) is 1.00. The Kier molecular flexibility index (Phi) is 3.81. The first-order valence-electron chi connectivity index (χ1n) is 5.22. The van der Waals surface area contributed by atoms with Crippen molar-refractivity contribution in [1.82, 2.24) is 14.9 Å². The first-order valence-corrected chi connectivity index (χ1v) is 7.58. The molecule has 1 atom stereocenters. The van der Waals surface area contributed by atoms with E-state index in [0.717, 1.165) is 5.56 Å². The average Bonchev–Trinajstić information content (AvgIpc) is 3.00. The van der Waals surface area contributed by atoms with E-state index in [0.29, 0.717) is 4.88 Å². The maximum absolute atomic E-state index is 12.1. The molecule has 18 heavy (non-hydrogen) atoms. The van der Waals surface area contributed by atoms with Gasteiger partial charge in [0.25, 0.3) is 0 Å². The average molecular weight is 287 g/mol. The van der Waals surface area contributed by atoms with Gasteiger partial charge in [0.1, 0.15) is 0 Å². The van der Waals surface area contributed by atoms with Crippen LogP contribution in [0.2, 0.25) is 0 Å². The lowest BCUT2D eigenvalue weighted by Crippen LogP contribution is -2.26. The molecule has 8 heteroatoms. The zero-order valence-corrected chi connectivity index (χ0v) is 11.3. The number of H-pyrrole nitrogens is 1. The van der Waals surface area contributed by atoms with Crippen molar-refractivity contribution in [1.29, 1.82) is 0 Å². The van der Waals surface area contributed by atoms with E-state index < -0.39 is 10.0 Å². The molecule has 0 aliphatic carbocycles. The van der Waals surface area contributed by atoms with Crippen LogP contribution in [0.25, 0.3) is 0 Å². The molecule has 2 heterocycles. The molecule has 3 N–H and O–H groups in total. The van der Waals surface area contributed by atoms with Crippen LogP contribution in [-0.4, -0.2) is 23.7 Å². The van der Waals surface area contributed by atoms with Gasteiger partial charge in [-0.15, -0.1) is 11.3 Å². The van der Waals surface area contributed by atoms with Crippen LogP contribution in [0.1, 0.15) is 23.4 Å². The summed E-state index contributed by atoms with van der Waals surface area (Å²) < 4.78 is 26.7. The number of hydrogen-bond donors (Lipinski definition) is 3. The Balaban J connectivity index is 2.17. The van der Waals surface area contributed by atoms with Gasteiger partial charge in [0.15, 0.2) is 0 Å². The quantitative estimate of drug-likeness (QED) is 0.764. The van der Waals surface area contributed by atoms with Gasteiger partial charge < -0.3 is 5.11 Å².